The number of halogens is 2. The Morgan fingerprint density at radius 1 is 1.10 bits per heavy atom. The lowest BCUT2D eigenvalue weighted by molar-refractivity contribution is 0.439. The number of rotatable bonds is 5. The summed E-state index contributed by atoms with van der Waals surface area (Å²) in [5, 5.41) is 4.20. The topological polar surface area (TPSA) is 12.0 Å². The van der Waals surface area contributed by atoms with Crippen LogP contribution in [-0.4, -0.2) is 0 Å². The fraction of sp³-hybridized carbons (Fsp3) is 0.294. The first-order valence-corrected chi connectivity index (χ1v) is 7.25. The summed E-state index contributed by atoms with van der Waals surface area (Å²) in [7, 11) is 0. The fourth-order valence-corrected chi connectivity index (χ4v) is 2.46. The molecular formula is C17H19ClFN. The lowest BCUT2D eigenvalue weighted by Crippen LogP contribution is -2.25. The van der Waals surface area contributed by atoms with Crippen LogP contribution in [0.15, 0.2) is 48.5 Å². The lowest BCUT2D eigenvalue weighted by Gasteiger charge is -2.23. The zero-order chi connectivity index (χ0) is 14.5. The van der Waals surface area contributed by atoms with Crippen molar-refractivity contribution in [2.45, 2.75) is 32.4 Å². The van der Waals surface area contributed by atoms with Crippen LogP contribution in [0.5, 0.6) is 0 Å². The van der Waals surface area contributed by atoms with E-state index in [0.29, 0.717) is 0 Å². The van der Waals surface area contributed by atoms with Crippen LogP contribution in [0.2, 0.25) is 5.02 Å². The van der Waals surface area contributed by atoms with Crippen molar-refractivity contribution in [1.82, 2.24) is 5.32 Å². The molecule has 0 bridgehead atoms. The van der Waals surface area contributed by atoms with Gasteiger partial charge in [0.2, 0.25) is 0 Å². The monoisotopic (exact) mass is 291 g/mol. The summed E-state index contributed by atoms with van der Waals surface area (Å²) in [5.41, 5.74) is 1.86. The first-order valence-electron chi connectivity index (χ1n) is 6.87. The quantitative estimate of drug-likeness (QED) is 0.790. The number of benzene rings is 2. The summed E-state index contributed by atoms with van der Waals surface area (Å²) in [6.45, 7) is 4.13. The van der Waals surface area contributed by atoms with E-state index in [9.17, 15) is 4.39 Å². The van der Waals surface area contributed by atoms with Crippen molar-refractivity contribution in [2.75, 3.05) is 0 Å². The maximum absolute atomic E-state index is 13.9. The largest absolute Gasteiger partial charge is 0.303 e. The van der Waals surface area contributed by atoms with Gasteiger partial charge < -0.3 is 5.32 Å². The molecule has 0 fully saturated rings. The average Bonchev–Trinajstić information content (AvgIpc) is 2.46. The molecule has 2 aromatic rings. The zero-order valence-corrected chi connectivity index (χ0v) is 12.5. The molecule has 0 saturated carbocycles. The first-order chi connectivity index (χ1) is 9.61. The van der Waals surface area contributed by atoms with Gasteiger partial charge in [-0.3, -0.25) is 0 Å². The third-order valence-electron chi connectivity index (χ3n) is 3.51. The lowest BCUT2D eigenvalue weighted by atomic mass is 10.0. The SMILES string of the molecule is CCC(NC(C)c1ccc(Cl)cc1)c1ccccc1F. The van der Waals surface area contributed by atoms with Crippen molar-refractivity contribution in [2.24, 2.45) is 0 Å². The smallest absolute Gasteiger partial charge is 0.127 e. The maximum atomic E-state index is 13.9. The fourth-order valence-electron chi connectivity index (χ4n) is 2.33. The van der Waals surface area contributed by atoms with E-state index in [1.807, 2.05) is 36.4 Å². The highest BCUT2D eigenvalue weighted by atomic mass is 35.5. The molecule has 0 saturated heterocycles. The molecular weight excluding hydrogens is 273 g/mol. The maximum Gasteiger partial charge on any atom is 0.127 e. The van der Waals surface area contributed by atoms with Gasteiger partial charge in [0.15, 0.2) is 0 Å². The Morgan fingerprint density at radius 2 is 1.75 bits per heavy atom. The highest BCUT2D eigenvalue weighted by molar-refractivity contribution is 6.30. The van der Waals surface area contributed by atoms with Gasteiger partial charge in [-0.15, -0.1) is 0 Å². The standard InChI is InChI=1S/C17H19ClFN/c1-3-17(15-6-4-5-7-16(15)19)20-12(2)13-8-10-14(18)11-9-13/h4-12,17,20H,3H2,1-2H3. The molecule has 1 nitrogen and oxygen atoms in total. The van der Waals surface area contributed by atoms with Crippen molar-refractivity contribution in [3.63, 3.8) is 0 Å². The predicted molar refractivity (Wildman–Crippen MR) is 82.4 cm³/mol. The van der Waals surface area contributed by atoms with Gasteiger partial charge in [-0.25, -0.2) is 4.39 Å². The molecule has 0 aliphatic heterocycles. The van der Waals surface area contributed by atoms with Crippen LogP contribution in [0.4, 0.5) is 4.39 Å². The van der Waals surface area contributed by atoms with E-state index in [1.165, 1.54) is 6.07 Å². The summed E-state index contributed by atoms with van der Waals surface area (Å²) in [6, 6.07) is 14.8. The van der Waals surface area contributed by atoms with Gasteiger partial charge in [-0.2, -0.15) is 0 Å². The second kappa shape index (κ2) is 6.87. The Kier molecular flexibility index (Phi) is 5.16. The van der Waals surface area contributed by atoms with Crippen LogP contribution in [-0.2, 0) is 0 Å². The second-order valence-corrected chi connectivity index (χ2v) is 5.36. The Bertz CT molecular complexity index is 553. The van der Waals surface area contributed by atoms with E-state index < -0.39 is 0 Å². The van der Waals surface area contributed by atoms with E-state index in [-0.39, 0.29) is 17.9 Å². The van der Waals surface area contributed by atoms with Gasteiger partial charge in [0, 0.05) is 22.7 Å². The van der Waals surface area contributed by atoms with Crippen molar-refractivity contribution in [3.8, 4) is 0 Å². The average molecular weight is 292 g/mol. The Labute approximate surface area is 124 Å². The Hall–Kier alpha value is -1.38. The molecule has 0 aliphatic carbocycles. The molecule has 1 N–H and O–H groups in total. The molecule has 0 amide bonds. The molecule has 0 heterocycles. The minimum Gasteiger partial charge on any atom is -0.303 e. The summed E-state index contributed by atoms with van der Waals surface area (Å²) in [5.74, 6) is -0.157. The van der Waals surface area contributed by atoms with Crippen LogP contribution >= 0.6 is 11.6 Å². The third kappa shape index (κ3) is 3.59. The first kappa shape index (κ1) is 15.0. The van der Waals surface area contributed by atoms with E-state index in [0.717, 1.165) is 22.6 Å². The molecule has 0 aromatic heterocycles. The molecule has 2 unspecified atom stereocenters. The van der Waals surface area contributed by atoms with Crippen molar-refractivity contribution in [1.29, 1.82) is 0 Å². The molecule has 20 heavy (non-hydrogen) atoms. The van der Waals surface area contributed by atoms with E-state index in [4.69, 9.17) is 11.6 Å². The highest BCUT2D eigenvalue weighted by Crippen LogP contribution is 2.24. The molecule has 2 aromatic carbocycles. The molecule has 3 heteroatoms. The molecule has 106 valence electrons. The molecule has 0 aliphatic rings. The van der Waals surface area contributed by atoms with Gasteiger partial charge in [-0.05, 0) is 37.1 Å². The van der Waals surface area contributed by atoms with Gasteiger partial charge in [0.1, 0.15) is 5.82 Å². The van der Waals surface area contributed by atoms with Crippen LogP contribution < -0.4 is 5.32 Å². The summed E-state index contributed by atoms with van der Waals surface area (Å²) < 4.78 is 13.9. The second-order valence-electron chi connectivity index (χ2n) is 4.92. The van der Waals surface area contributed by atoms with E-state index in [2.05, 4.69) is 19.2 Å². The van der Waals surface area contributed by atoms with Crippen LogP contribution in [0, 0.1) is 5.82 Å². The van der Waals surface area contributed by atoms with Gasteiger partial charge in [-0.1, -0.05) is 48.9 Å². The highest BCUT2D eigenvalue weighted by Gasteiger charge is 2.16. The Balaban J connectivity index is 2.14. The third-order valence-corrected chi connectivity index (χ3v) is 3.76. The van der Waals surface area contributed by atoms with Crippen molar-refractivity contribution in [3.05, 3.63) is 70.5 Å². The Morgan fingerprint density at radius 3 is 2.35 bits per heavy atom. The number of hydrogen-bond donors (Lipinski definition) is 1. The minimum atomic E-state index is -0.157. The molecule has 2 atom stereocenters. The van der Waals surface area contributed by atoms with Crippen LogP contribution in [0.3, 0.4) is 0 Å². The summed E-state index contributed by atoms with van der Waals surface area (Å²) >= 11 is 5.90. The van der Waals surface area contributed by atoms with Gasteiger partial charge in [0.25, 0.3) is 0 Å². The number of nitrogens with one attached hydrogen (secondary N) is 1. The summed E-state index contributed by atoms with van der Waals surface area (Å²) in [6.07, 6.45) is 0.832. The van der Waals surface area contributed by atoms with Crippen molar-refractivity contribution >= 4 is 11.6 Å². The molecule has 2 rings (SSSR count). The van der Waals surface area contributed by atoms with Crippen molar-refractivity contribution < 1.29 is 4.39 Å². The minimum absolute atomic E-state index is 0.00174. The predicted octanol–water partition coefficient (Wildman–Crippen LogP) is 5.28. The van der Waals surface area contributed by atoms with E-state index in [1.54, 1.807) is 6.07 Å². The van der Waals surface area contributed by atoms with Crippen LogP contribution in [0.1, 0.15) is 43.5 Å². The number of hydrogen-bond acceptors (Lipinski definition) is 1. The zero-order valence-electron chi connectivity index (χ0n) is 11.7. The molecule has 0 spiro atoms. The van der Waals surface area contributed by atoms with E-state index >= 15 is 0 Å². The normalized spacial score (nSPS) is 14.0. The van der Waals surface area contributed by atoms with Gasteiger partial charge >= 0.3 is 0 Å². The van der Waals surface area contributed by atoms with Gasteiger partial charge in [0.05, 0.1) is 0 Å². The summed E-state index contributed by atoms with van der Waals surface area (Å²) in [4.78, 5) is 0. The molecule has 0 radical (unpaired) electrons. The van der Waals surface area contributed by atoms with Crippen LogP contribution in [0.25, 0.3) is 0 Å².